The minimum atomic E-state index is 0.0345. The first-order valence-corrected chi connectivity index (χ1v) is 6.86. The molecule has 0 amide bonds. The molecular weight excluding hydrogens is 273 g/mol. The Kier molecular flexibility index (Phi) is 5.27. The first-order valence-electron chi connectivity index (χ1n) is 6.10. The third-order valence-electron chi connectivity index (χ3n) is 3.10. The number of hydrogen-bond acceptors (Lipinski definition) is 3. The van der Waals surface area contributed by atoms with Crippen LogP contribution in [0.2, 0.25) is 10.0 Å². The van der Waals surface area contributed by atoms with E-state index in [9.17, 15) is 0 Å². The van der Waals surface area contributed by atoms with Crippen LogP contribution in [0.15, 0.2) is 18.2 Å². The van der Waals surface area contributed by atoms with E-state index >= 15 is 0 Å². The van der Waals surface area contributed by atoms with Crippen LogP contribution >= 0.6 is 23.2 Å². The van der Waals surface area contributed by atoms with Gasteiger partial charge >= 0.3 is 0 Å². The number of ether oxygens (including phenoxy) is 1. The minimum absolute atomic E-state index is 0.0345. The molecule has 18 heavy (non-hydrogen) atoms. The molecule has 0 aliphatic carbocycles. The average molecular weight is 290 g/mol. The van der Waals surface area contributed by atoms with Crippen molar-refractivity contribution >= 4 is 23.2 Å². The highest BCUT2D eigenvalue weighted by molar-refractivity contribution is 6.42. The fourth-order valence-electron chi connectivity index (χ4n) is 2.11. The first kappa shape index (κ1) is 14.1. The molecule has 1 aliphatic rings. The van der Waals surface area contributed by atoms with Crippen LogP contribution in [0.1, 0.15) is 18.1 Å². The Labute approximate surface area is 117 Å². The summed E-state index contributed by atoms with van der Waals surface area (Å²) in [6.07, 6.45) is 0.834. The van der Waals surface area contributed by atoms with Crippen molar-refractivity contribution in [3.05, 3.63) is 33.8 Å². The van der Waals surface area contributed by atoms with Gasteiger partial charge in [-0.3, -0.25) is 4.90 Å². The Morgan fingerprint density at radius 2 is 2.17 bits per heavy atom. The number of aliphatic hydroxyl groups is 1. The monoisotopic (exact) mass is 289 g/mol. The summed E-state index contributed by atoms with van der Waals surface area (Å²) in [6, 6.07) is 5.62. The van der Waals surface area contributed by atoms with E-state index in [-0.39, 0.29) is 12.7 Å². The smallest absolute Gasteiger partial charge is 0.0952 e. The maximum atomic E-state index is 8.86. The molecule has 0 saturated carbocycles. The van der Waals surface area contributed by atoms with Gasteiger partial charge in [-0.05, 0) is 24.1 Å². The standard InChI is InChI=1S/C13H17Cl2NO2/c14-11-3-2-10(8-12(11)15)13-9-16(4-1-6-17)5-7-18-13/h2-3,8,13,17H,1,4-7,9H2. The van der Waals surface area contributed by atoms with Crippen LogP contribution in [0.3, 0.4) is 0 Å². The number of hydrogen-bond donors (Lipinski definition) is 1. The fourth-order valence-corrected chi connectivity index (χ4v) is 2.42. The molecule has 0 radical (unpaired) electrons. The van der Waals surface area contributed by atoms with Crippen molar-refractivity contribution in [2.45, 2.75) is 12.5 Å². The van der Waals surface area contributed by atoms with Crippen LogP contribution in [0, 0.1) is 0 Å². The molecule has 1 N–H and O–H groups in total. The van der Waals surface area contributed by atoms with Gasteiger partial charge in [0.25, 0.3) is 0 Å². The van der Waals surface area contributed by atoms with Gasteiger partial charge in [0.05, 0.1) is 22.8 Å². The summed E-state index contributed by atoms with van der Waals surface area (Å²) in [6.45, 7) is 3.58. The second kappa shape index (κ2) is 6.73. The molecule has 3 nitrogen and oxygen atoms in total. The SMILES string of the molecule is OCCCN1CCOC(c2ccc(Cl)c(Cl)c2)C1. The summed E-state index contributed by atoms with van der Waals surface area (Å²) in [4.78, 5) is 2.30. The largest absolute Gasteiger partial charge is 0.396 e. The number of rotatable bonds is 4. The van der Waals surface area contributed by atoms with E-state index in [4.69, 9.17) is 33.0 Å². The van der Waals surface area contributed by atoms with E-state index in [1.54, 1.807) is 6.07 Å². The molecule has 0 bridgehead atoms. The third kappa shape index (κ3) is 3.59. The predicted octanol–water partition coefficient (Wildman–Crippen LogP) is 2.75. The van der Waals surface area contributed by atoms with Crippen molar-refractivity contribution < 1.29 is 9.84 Å². The normalized spacial score (nSPS) is 21.2. The molecule has 1 unspecified atom stereocenters. The van der Waals surface area contributed by atoms with Gasteiger partial charge in [-0.15, -0.1) is 0 Å². The lowest BCUT2D eigenvalue weighted by molar-refractivity contribution is -0.0312. The van der Waals surface area contributed by atoms with Crippen LogP contribution in [0.25, 0.3) is 0 Å². The van der Waals surface area contributed by atoms with Crippen LogP contribution in [-0.2, 0) is 4.74 Å². The topological polar surface area (TPSA) is 32.7 Å². The summed E-state index contributed by atoms with van der Waals surface area (Å²) in [5.74, 6) is 0. The molecule has 1 atom stereocenters. The predicted molar refractivity (Wildman–Crippen MR) is 73.3 cm³/mol. The number of morpholine rings is 1. The lowest BCUT2D eigenvalue weighted by atomic mass is 10.1. The van der Waals surface area contributed by atoms with Crippen LogP contribution < -0.4 is 0 Å². The molecule has 1 aliphatic heterocycles. The van der Waals surface area contributed by atoms with E-state index in [2.05, 4.69) is 4.90 Å². The summed E-state index contributed by atoms with van der Waals surface area (Å²) in [7, 11) is 0. The Morgan fingerprint density at radius 3 is 2.89 bits per heavy atom. The van der Waals surface area contributed by atoms with Gasteiger partial charge in [0.1, 0.15) is 0 Å². The Morgan fingerprint density at radius 1 is 1.33 bits per heavy atom. The van der Waals surface area contributed by atoms with Crippen LogP contribution in [-0.4, -0.2) is 42.9 Å². The molecule has 2 rings (SSSR count). The Balaban J connectivity index is 2.01. The quantitative estimate of drug-likeness (QED) is 0.925. The summed E-state index contributed by atoms with van der Waals surface area (Å²) in [5, 5.41) is 9.98. The van der Waals surface area contributed by atoms with E-state index in [1.807, 2.05) is 12.1 Å². The van der Waals surface area contributed by atoms with Crippen molar-refractivity contribution in [3.63, 3.8) is 0 Å². The molecule has 1 aromatic carbocycles. The van der Waals surface area contributed by atoms with Crippen molar-refractivity contribution in [1.29, 1.82) is 0 Å². The van der Waals surface area contributed by atoms with Gasteiger partial charge < -0.3 is 9.84 Å². The zero-order valence-corrected chi connectivity index (χ0v) is 11.6. The molecular formula is C13H17Cl2NO2. The van der Waals surface area contributed by atoms with Crippen molar-refractivity contribution in [3.8, 4) is 0 Å². The van der Waals surface area contributed by atoms with Gasteiger partial charge in [-0.1, -0.05) is 29.3 Å². The summed E-state index contributed by atoms with van der Waals surface area (Å²) >= 11 is 11.9. The van der Waals surface area contributed by atoms with Crippen molar-refractivity contribution in [1.82, 2.24) is 4.90 Å². The molecule has 1 aromatic rings. The fraction of sp³-hybridized carbons (Fsp3) is 0.538. The molecule has 0 spiro atoms. The van der Waals surface area contributed by atoms with E-state index in [1.165, 1.54) is 0 Å². The summed E-state index contributed by atoms with van der Waals surface area (Å²) < 4.78 is 5.76. The maximum absolute atomic E-state index is 8.86. The lowest BCUT2D eigenvalue weighted by Crippen LogP contribution is -2.39. The number of halogens is 2. The molecule has 1 heterocycles. The van der Waals surface area contributed by atoms with E-state index in [0.29, 0.717) is 16.7 Å². The zero-order valence-electron chi connectivity index (χ0n) is 10.1. The molecule has 100 valence electrons. The minimum Gasteiger partial charge on any atom is -0.396 e. The van der Waals surface area contributed by atoms with Crippen LogP contribution in [0.4, 0.5) is 0 Å². The van der Waals surface area contributed by atoms with E-state index < -0.39 is 0 Å². The van der Waals surface area contributed by atoms with Gasteiger partial charge in [0.2, 0.25) is 0 Å². The molecule has 5 heteroatoms. The second-order valence-corrected chi connectivity index (χ2v) is 5.23. The Hall–Kier alpha value is -0.320. The maximum Gasteiger partial charge on any atom is 0.0952 e. The number of nitrogens with zero attached hydrogens (tertiary/aromatic N) is 1. The zero-order chi connectivity index (χ0) is 13.0. The van der Waals surface area contributed by atoms with E-state index in [0.717, 1.165) is 31.6 Å². The lowest BCUT2D eigenvalue weighted by Gasteiger charge is -2.33. The second-order valence-electron chi connectivity index (χ2n) is 4.41. The third-order valence-corrected chi connectivity index (χ3v) is 3.84. The highest BCUT2D eigenvalue weighted by Gasteiger charge is 2.21. The number of benzene rings is 1. The average Bonchev–Trinajstić information content (AvgIpc) is 2.40. The molecule has 1 saturated heterocycles. The molecule has 1 fully saturated rings. The highest BCUT2D eigenvalue weighted by Crippen LogP contribution is 2.28. The van der Waals surface area contributed by atoms with Crippen molar-refractivity contribution in [2.75, 3.05) is 32.8 Å². The Bertz CT molecular complexity index is 401. The van der Waals surface area contributed by atoms with Gasteiger partial charge in [0, 0.05) is 26.2 Å². The first-order chi connectivity index (χ1) is 8.70. The van der Waals surface area contributed by atoms with Gasteiger partial charge in [0.15, 0.2) is 0 Å². The summed E-state index contributed by atoms with van der Waals surface area (Å²) in [5.41, 5.74) is 1.05. The van der Waals surface area contributed by atoms with Gasteiger partial charge in [-0.2, -0.15) is 0 Å². The number of aliphatic hydroxyl groups excluding tert-OH is 1. The molecule has 0 aromatic heterocycles. The highest BCUT2D eigenvalue weighted by atomic mass is 35.5. The van der Waals surface area contributed by atoms with Crippen molar-refractivity contribution in [2.24, 2.45) is 0 Å². The van der Waals surface area contributed by atoms with Crippen LogP contribution in [0.5, 0.6) is 0 Å². The van der Waals surface area contributed by atoms with Gasteiger partial charge in [-0.25, -0.2) is 0 Å².